The number of thiazole rings is 1. The van der Waals surface area contributed by atoms with Gasteiger partial charge in [-0.2, -0.15) is 5.26 Å². The van der Waals surface area contributed by atoms with E-state index in [1.54, 1.807) is 7.11 Å². The van der Waals surface area contributed by atoms with Crippen molar-refractivity contribution in [3.8, 4) is 6.07 Å². The normalized spacial score (nSPS) is 17.5. The van der Waals surface area contributed by atoms with Gasteiger partial charge in [0.25, 0.3) is 0 Å². The first-order chi connectivity index (χ1) is 9.22. The summed E-state index contributed by atoms with van der Waals surface area (Å²) in [5, 5.41) is 10.1. The molecular weight excluding hydrogens is 258 g/mol. The van der Waals surface area contributed by atoms with E-state index in [4.69, 9.17) is 10.00 Å². The predicted molar refractivity (Wildman–Crippen MR) is 76.1 cm³/mol. The van der Waals surface area contributed by atoms with Crippen molar-refractivity contribution in [1.29, 1.82) is 5.26 Å². The Morgan fingerprint density at radius 2 is 2.21 bits per heavy atom. The lowest BCUT2D eigenvalue weighted by Gasteiger charge is -2.29. The van der Waals surface area contributed by atoms with Crippen LogP contribution in [0, 0.1) is 17.2 Å². The summed E-state index contributed by atoms with van der Waals surface area (Å²) in [5.41, 5.74) is 0.789. The molecule has 1 fully saturated rings. The van der Waals surface area contributed by atoms with Gasteiger partial charge in [-0.25, -0.2) is 4.98 Å². The van der Waals surface area contributed by atoms with Crippen LogP contribution in [0.25, 0.3) is 0 Å². The van der Waals surface area contributed by atoms with E-state index >= 15 is 0 Å². The first-order valence-electron chi connectivity index (χ1n) is 6.83. The molecule has 0 bridgehead atoms. The van der Waals surface area contributed by atoms with Crippen LogP contribution in [0.4, 0.5) is 0 Å². The fourth-order valence-corrected chi connectivity index (χ4v) is 3.22. The minimum Gasteiger partial charge on any atom is -0.378 e. The van der Waals surface area contributed by atoms with Crippen LogP contribution in [0.1, 0.15) is 35.3 Å². The van der Waals surface area contributed by atoms with Crippen molar-refractivity contribution in [3.63, 3.8) is 0 Å². The van der Waals surface area contributed by atoms with Gasteiger partial charge in [0, 0.05) is 20.1 Å². The van der Waals surface area contributed by atoms with E-state index in [1.165, 1.54) is 37.3 Å². The Morgan fingerprint density at radius 1 is 1.47 bits per heavy atom. The molecule has 5 heteroatoms. The molecule has 1 aromatic rings. The number of nitrogens with zero attached hydrogens (tertiary/aromatic N) is 3. The van der Waals surface area contributed by atoms with Gasteiger partial charge in [-0.1, -0.05) is 6.92 Å². The van der Waals surface area contributed by atoms with Crippen molar-refractivity contribution >= 4 is 11.3 Å². The van der Waals surface area contributed by atoms with Gasteiger partial charge < -0.3 is 9.64 Å². The van der Waals surface area contributed by atoms with Crippen LogP contribution in [0.15, 0.2) is 0 Å². The average Bonchev–Trinajstić information content (AvgIpc) is 2.81. The highest BCUT2D eigenvalue weighted by molar-refractivity contribution is 7.12. The van der Waals surface area contributed by atoms with E-state index in [9.17, 15) is 0 Å². The first kappa shape index (κ1) is 14.4. The van der Waals surface area contributed by atoms with Crippen LogP contribution in [0.5, 0.6) is 0 Å². The summed E-state index contributed by atoms with van der Waals surface area (Å²) in [6.07, 6.45) is 3.55. The Hall–Kier alpha value is -0.960. The molecule has 1 aliphatic rings. The van der Waals surface area contributed by atoms with Crippen LogP contribution in [0.3, 0.4) is 0 Å². The molecule has 0 N–H and O–H groups in total. The van der Waals surface area contributed by atoms with Crippen LogP contribution >= 0.6 is 11.3 Å². The van der Waals surface area contributed by atoms with Gasteiger partial charge in [0.05, 0.1) is 17.3 Å². The first-order valence-corrected chi connectivity index (χ1v) is 7.64. The van der Waals surface area contributed by atoms with Gasteiger partial charge in [-0.15, -0.1) is 11.3 Å². The number of methoxy groups -OCH3 is 1. The molecule has 2 rings (SSSR count). The molecule has 0 amide bonds. The molecular formula is C14H21N3OS. The van der Waals surface area contributed by atoms with Gasteiger partial charge in [0.15, 0.2) is 0 Å². The molecule has 0 saturated carbocycles. The summed E-state index contributed by atoms with van der Waals surface area (Å²) >= 11 is 1.51. The number of hydrogen-bond acceptors (Lipinski definition) is 5. The highest BCUT2D eigenvalue weighted by atomic mass is 32.1. The molecule has 0 atom stereocenters. The maximum Gasteiger partial charge on any atom is 0.130 e. The SMILES string of the molecule is COCc1nc(CCN2CCC(C)CC2)sc1C#N. The molecule has 0 spiro atoms. The zero-order chi connectivity index (χ0) is 13.7. The Morgan fingerprint density at radius 3 is 2.84 bits per heavy atom. The lowest BCUT2D eigenvalue weighted by Crippen LogP contribution is -2.34. The Labute approximate surface area is 119 Å². The van der Waals surface area contributed by atoms with Crippen LogP contribution < -0.4 is 0 Å². The number of aromatic nitrogens is 1. The smallest absolute Gasteiger partial charge is 0.130 e. The Balaban J connectivity index is 1.87. The minimum atomic E-state index is 0.431. The topological polar surface area (TPSA) is 49.1 Å². The second-order valence-corrected chi connectivity index (χ2v) is 6.29. The van der Waals surface area contributed by atoms with Crippen molar-refractivity contribution < 1.29 is 4.74 Å². The van der Waals surface area contributed by atoms with Gasteiger partial charge in [0.2, 0.25) is 0 Å². The summed E-state index contributed by atoms with van der Waals surface area (Å²) in [4.78, 5) is 7.72. The summed E-state index contributed by atoms with van der Waals surface area (Å²) in [6, 6.07) is 2.21. The molecule has 2 heterocycles. The molecule has 1 saturated heterocycles. The fourth-order valence-electron chi connectivity index (χ4n) is 2.37. The summed E-state index contributed by atoms with van der Waals surface area (Å²) in [5.74, 6) is 0.870. The van der Waals surface area contributed by atoms with Gasteiger partial charge in [0.1, 0.15) is 10.9 Å². The molecule has 1 aliphatic heterocycles. The summed E-state index contributed by atoms with van der Waals surface area (Å²) < 4.78 is 5.07. The Kier molecular flexibility index (Phi) is 5.32. The third-order valence-electron chi connectivity index (χ3n) is 3.64. The number of piperidine rings is 1. The van der Waals surface area contributed by atoms with Gasteiger partial charge in [-0.3, -0.25) is 0 Å². The molecule has 0 radical (unpaired) electrons. The van der Waals surface area contributed by atoms with E-state index in [0.29, 0.717) is 11.5 Å². The van der Waals surface area contributed by atoms with E-state index in [1.807, 2.05) is 0 Å². The Bertz CT molecular complexity index is 444. The number of hydrogen-bond donors (Lipinski definition) is 0. The summed E-state index contributed by atoms with van der Waals surface area (Å²) in [7, 11) is 1.63. The molecule has 1 aromatic heterocycles. The number of likely N-dealkylation sites (tertiary alicyclic amines) is 1. The maximum atomic E-state index is 9.06. The minimum absolute atomic E-state index is 0.431. The fraction of sp³-hybridized carbons (Fsp3) is 0.714. The van der Waals surface area contributed by atoms with E-state index < -0.39 is 0 Å². The largest absolute Gasteiger partial charge is 0.378 e. The van der Waals surface area contributed by atoms with E-state index in [-0.39, 0.29) is 0 Å². The van der Waals surface area contributed by atoms with Crippen molar-refractivity contribution in [3.05, 3.63) is 15.6 Å². The summed E-state index contributed by atoms with van der Waals surface area (Å²) in [6.45, 7) is 6.21. The third kappa shape index (κ3) is 4.00. The van der Waals surface area contributed by atoms with Gasteiger partial charge >= 0.3 is 0 Å². The number of nitriles is 1. The third-order valence-corrected chi connectivity index (χ3v) is 4.70. The number of rotatable bonds is 5. The van der Waals surface area contributed by atoms with Crippen molar-refractivity contribution in [2.75, 3.05) is 26.7 Å². The molecule has 4 nitrogen and oxygen atoms in total. The van der Waals surface area contributed by atoms with Crippen LogP contribution in [-0.2, 0) is 17.8 Å². The van der Waals surface area contributed by atoms with Crippen LogP contribution in [-0.4, -0.2) is 36.6 Å². The maximum absolute atomic E-state index is 9.06. The molecule has 0 unspecified atom stereocenters. The van der Waals surface area contributed by atoms with Crippen LogP contribution in [0.2, 0.25) is 0 Å². The highest BCUT2D eigenvalue weighted by Gasteiger charge is 2.16. The molecule has 104 valence electrons. The molecule has 0 aromatic carbocycles. The number of ether oxygens (including phenoxy) is 1. The van der Waals surface area contributed by atoms with Crippen molar-refractivity contribution in [2.45, 2.75) is 32.8 Å². The average molecular weight is 279 g/mol. The molecule has 0 aliphatic carbocycles. The monoisotopic (exact) mass is 279 g/mol. The van der Waals surface area contributed by atoms with E-state index in [0.717, 1.165) is 29.6 Å². The zero-order valence-corrected chi connectivity index (χ0v) is 12.5. The quantitative estimate of drug-likeness (QED) is 0.830. The highest BCUT2D eigenvalue weighted by Crippen LogP contribution is 2.20. The van der Waals surface area contributed by atoms with E-state index in [2.05, 4.69) is 22.9 Å². The van der Waals surface area contributed by atoms with Gasteiger partial charge in [-0.05, 0) is 31.8 Å². The predicted octanol–water partition coefficient (Wildman–Crippen LogP) is 2.44. The lowest BCUT2D eigenvalue weighted by molar-refractivity contribution is 0.181. The molecule has 19 heavy (non-hydrogen) atoms. The standard InChI is InChI=1S/C14H21N3OS/c1-11-3-6-17(7-4-11)8-5-14-16-12(10-18-2)13(9-15)19-14/h11H,3-8,10H2,1-2H3. The second kappa shape index (κ2) is 6.99. The lowest BCUT2D eigenvalue weighted by atomic mass is 9.99. The van der Waals surface area contributed by atoms with Crippen molar-refractivity contribution in [1.82, 2.24) is 9.88 Å². The zero-order valence-electron chi connectivity index (χ0n) is 11.7. The second-order valence-electron chi connectivity index (χ2n) is 5.20. The van der Waals surface area contributed by atoms with Crippen molar-refractivity contribution in [2.24, 2.45) is 5.92 Å².